The third-order valence-electron chi connectivity index (χ3n) is 5.39. The summed E-state index contributed by atoms with van der Waals surface area (Å²) in [5, 5.41) is 7.64. The molecule has 2 aliphatic rings. The van der Waals surface area contributed by atoms with Gasteiger partial charge >= 0.3 is 0 Å². The molecular formula is C22H25ClN4O. The first-order valence-corrected chi connectivity index (χ1v) is 10.1. The van der Waals surface area contributed by atoms with Crippen molar-refractivity contribution in [2.45, 2.75) is 37.8 Å². The van der Waals surface area contributed by atoms with Gasteiger partial charge in [-0.2, -0.15) is 0 Å². The van der Waals surface area contributed by atoms with E-state index in [0.717, 1.165) is 41.6 Å². The maximum absolute atomic E-state index is 11.9. The molecule has 2 fully saturated rings. The fourth-order valence-corrected chi connectivity index (χ4v) is 3.93. The molecule has 1 aliphatic carbocycles. The number of carbonyl (C=O) groups excluding carboxylic acids is 1. The lowest BCUT2D eigenvalue weighted by molar-refractivity contribution is -0.117. The van der Waals surface area contributed by atoms with Crippen LogP contribution >= 0.6 is 11.6 Å². The normalized spacial score (nSPS) is 21.7. The van der Waals surface area contributed by atoms with E-state index in [9.17, 15) is 4.79 Å². The molecule has 1 saturated carbocycles. The predicted octanol–water partition coefficient (Wildman–Crippen LogP) is 3.69. The Bertz CT molecular complexity index is 880. The van der Waals surface area contributed by atoms with Crippen LogP contribution in [0.4, 0.5) is 5.69 Å². The van der Waals surface area contributed by atoms with Crippen molar-refractivity contribution in [2.75, 3.05) is 18.5 Å². The average Bonchev–Trinajstić information content (AvgIpc) is 3.35. The first-order valence-electron chi connectivity index (χ1n) is 9.76. The zero-order valence-electron chi connectivity index (χ0n) is 16.0. The average molecular weight is 397 g/mol. The summed E-state index contributed by atoms with van der Waals surface area (Å²) in [5.41, 5.74) is 3.41. The van der Waals surface area contributed by atoms with Crippen LogP contribution < -0.4 is 15.5 Å². The van der Waals surface area contributed by atoms with E-state index >= 15 is 0 Å². The van der Waals surface area contributed by atoms with Crippen molar-refractivity contribution in [3.8, 4) is 0 Å². The summed E-state index contributed by atoms with van der Waals surface area (Å²) in [4.78, 5) is 18.0. The Morgan fingerprint density at radius 2 is 2.07 bits per heavy atom. The van der Waals surface area contributed by atoms with Crippen LogP contribution in [-0.4, -0.2) is 31.5 Å². The maximum Gasteiger partial charge on any atom is 0.227 e. The molecule has 0 radical (unpaired) electrons. The third-order valence-corrected chi connectivity index (χ3v) is 5.63. The number of carbonyl (C=O) groups is 1. The highest BCUT2D eigenvalue weighted by atomic mass is 35.5. The Labute approximate surface area is 170 Å². The molecule has 5 nitrogen and oxygen atoms in total. The molecule has 1 amide bonds. The van der Waals surface area contributed by atoms with Gasteiger partial charge < -0.3 is 15.5 Å². The van der Waals surface area contributed by atoms with Gasteiger partial charge in [0.2, 0.25) is 5.91 Å². The van der Waals surface area contributed by atoms with Crippen LogP contribution in [0.1, 0.15) is 36.3 Å². The minimum atomic E-state index is 0.217. The van der Waals surface area contributed by atoms with Crippen LogP contribution in [0.2, 0.25) is 5.02 Å². The molecule has 4 rings (SSSR count). The number of halogens is 1. The number of hydrogen-bond donors (Lipinski definition) is 2. The largest absolute Gasteiger partial charge is 0.353 e. The number of benzene rings is 2. The summed E-state index contributed by atoms with van der Waals surface area (Å²) in [5.74, 6) is 1.50. The lowest BCUT2D eigenvalue weighted by atomic mass is 10.1. The van der Waals surface area contributed by atoms with Crippen molar-refractivity contribution in [1.82, 2.24) is 10.6 Å². The molecule has 2 unspecified atom stereocenters. The van der Waals surface area contributed by atoms with E-state index in [2.05, 4.69) is 33.8 Å². The highest BCUT2D eigenvalue weighted by Crippen LogP contribution is 2.41. The molecular weight excluding hydrogens is 372 g/mol. The first kappa shape index (κ1) is 18.8. The molecule has 0 aromatic heterocycles. The summed E-state index contributed by atoms with van der Waals surface area (Å²) in [7, 11) is 1.79. The molecule has 2 N–H and O–H groups in total. The van der Waals surface area contributed by atoms with Crippen LogP contribution in [0.25, 0.3) is 0 Å². The second-order valence-electron chi connectivity index (χ2n) is 7.39. The quantitative estimate of drug-likeness (QED) is 0.598. The summed E-state index contributed by atoms with van der Waals surface area (Å²) in [6.45, 7) is 1.50. The van der Waals surface area contributed by atoms with Crippen molar-refractivity contribution in [3.05, 3.63) is 64.7 Å². The SMILES string of the molecule is CN=C(NCc1ccc(N2CCCC2=O)cc1)NC1CC1c1cccc(Cl)c1. The number of guanidine groups is 1. The molecule has 146 valence electrons. The summed E-state index contributed by atoms with van der Waals surface area (Å²) in [6, 6.07) is 16.6. The van der Waals surface area contributed by atoms with E-state index in [1.807, 2.05) is 35.2 Å². The van der Waals surface area contributed by atoms with Crippen molar-refractivity contribution < 1.29 is 4.79 Å². The van der Waals surface area contributed by atoms with Crippen LogP contribution in [0, 0.1) is 0 Å². The Morgan fingerprint density at radius 1 is 1.25 bits per heavy atom. The minimum Gasteiger partial charge on any atom is -0.353 e. The van der Waals surface area contributed by atoms with Gasteiger partial charge in [-0.15, -0.1) is 0 Å². The fourth-order valence-electron chi connectivity index (χ4n) is 3.73. The Hall–Kier alpha value is -2.53. The molecule has 2 atom stereocenters. The number of anilines is 1. The summed E-state index contributed by atoms with van der Waals surface area (Å²) < 4.78 is 0. The van der Waals surface area contributed by atoms with E-state index in [-0.39, 0.29) is 5.91 Å². The van der Waals surface area contributed by atoms with Crippen LogP contribution in [-0.2, 0) is 11.3 Å². The van der Waals surface area contributed by atoms with Gasteiger partial charge in [-0.1, -0.05) is 35.9 Å². The van der Waals surface area contributed by atoms with E-state index in [1.54, 1.807) is 7.05 Å². The molecule has 1 aliphatic heterocycles. The van der Waals surface area contributed by atoms with Gasteiger partial charge in [0.05, 0.1) is 0 Å². The second kappa shape index (κ2) is 8.23. The Balaban J connectivity index is 1.28. The Kier molecular flexibility index (Phi) is 5.53. The van der Waals surface area contributed by atoms with Gasteiger partial charge in [0.1, 0.15) is 0 Å². The lowest BCUT2D eigenvalue weighted by Gasteiger charge is -2.16. The molecule has 2 aromatic rings. The molecule has 28 heavy (non-hydrogen) atoms. The molecule has 6 heteroatoms. The van der Waals surface area contributed by atoms with Crippen LogP contribution in [0.15, 0.2) is 53.5 Å². The highest BCUT2D eigenvalue weighted by Gasteiger charge is 2.39. The monoisotopic (exact) mass is 396 g/mol. The van der Waals surface area contributed by atoms with Crippen LogP contribution in [0.3, 0.4) is 0 Å². The van der Waals surface area contributed by atoms with Crippen LogP contribution in [0.5, 0.6) is 0 Å². The van der Waals surface area contributed by atoms with E-state index < -0.39 is 0 Å². The summed E-state index contributed by atoms with van der Waals surface area (Å²) >= 11 is 6.10. The number of nitrogens with one attached hydrogen (secondary N) is 2. The number of rotatable bonds is 5. The van der Waals surface area contributed by atoms with Crippen molar-refractivity contribution in [1.29, 1.82) is 0 Å². The number of amides is 1. The molecule has 0 spiro atoms. The smallest absolute Gasteiger partial charge is 0.227 e. The first-order chi connectivity index (χ1) is 13.6. The van der Waals surface area contributed by atoms with Crippen molar-refractivity contribution >= 4 is 29.2 Å². The number of hydrogen-bond acceptors (Lipinski definition) is 2. The van der Waals surface area contributed by atoms with E-state index in [4.69, 9.17) is 11.6 Å². The van der Waals surface area contributed by atoms with E-state index in [1.165, 1.54) is 5.56 Å². The van der Waals surface area contributed by atoms with Gasteiger partial charge in [-0.05, 0) is 48.2 Å². The maximum atomic E-state index is 11.9. The van der Waals surface area contributed by atoms with Crippen molar-refractivity contribution in [2.24, 2.45) is 4.99 Å². The highest BCUT2D eigenvalue weighted by molar-refractivity contribution is 6.30. The summed E-state index contributed by atoms with van der Waals surface area (Å²) in [6.07, 6.45) is 2.68. The minimum absolute atomic E-state index is 0.217. The Morgan fingerprint density at radius 3 is 2.75 bits per heavy atom. The van der Waals surface area contributed by atoms with E-state index in [0.29, 0.717) is 24.9 Å². The number of nitrogens with zero attached hydrogens (tertiary/aromatic N) is 2. The third kappa shape index (κ3) is 4.30. The van der Waals surface area contributed by atoms with Crippen molar-refractivity contribution in [3.63, 3.8) is 0 Å². The standard InChI is InChI=1S/C22H25ClN4O/c1-24-22(26-20-13-19(20)16-4-2-5-17(23)12-16)25-14-15-7-9-18(10-8-15)27-11-3-6-21(27)28/h2,4-5,7-10,12,19-20H,3,6,11,13-14H2,1H3,(H2,24,25,26). The molecule has 2 aromatic carbocycles. The lowest BCUT2D eigenvalue weighted by Crippen LogP contribution is -2.38. The fraction of sp³-hybridized carbons (Fsp3) is 0.364. The van der Waals surface area contributed by atoms with Gasteiger partial charge in [-0.25, -0.2) is 0 Å². The molecule has 1 saturated heterocycles. The number of aliphatic imine (C=N–C) groups is 1. The van der Waals surface area contributed by atoms with Gasteiger partial charge in [0.25, 0.3) is 0 Å². The second-order valence-corrected chi connectivity index (χ2v) is 7.83. The molecule has 1 heterocycles. The van der Waals surface area contributed by atoms with Gasteiger partial charge in [0, 0.05) is 49.2 Å². The molecule has 0 bridgehead atoms. The zero-order valence-corrected chi connectivity index (χ0v) is 16.7. The zero-order chi connectivity index (χ0) is 19.5. The van der Waals surface area contributed by atoms with Gasteiger partial charge in [0.15, 0.2) is 5.96 Å². The predicted molar refractivity (Wildman–Crippen MR) is 114 cm³/mol. The van der Waals surface area contributed by atoms with Gasteiger partial charge in [-0.3, -0.25) is 9.79 Å². The topological polar surface area (TPSA) is 56.7 Å².